The molecular formula is C20H24F2N4O3. The van der Waals surface area contributed by atoms with E-state index in [-0.39, 0.29) is 30.2 Å². The van der Waals surface area contributed by atoms with Gasteiger partial charge in [-0.05, 0) is 31.1 Å². The third-order valence-corrected chi connectivity index (χ3v) is 4.32. The second-order valence-electron chi connectivity index (χ2n) is 6.46. The standard InChI is InChI=1S/C20H24F2N4O3/c1-3-5-12-25(16(27)10-9-13-14(21)7-6-8-15(13)22)17-18(23)26(11-4-2)20(29)24-19(17)28/h6-10H,3-5,11-12,23H2,1-2H3,(H,24,28,29)/b10-9+. The first kappa shape index (κ1) is 22.1. The molecular weight excluding hydrogens is 382 g/mol. The second-order valence-corrected chi connectivity index (χ2v) is 6.46. The number of aromatic nitrogens is 2. The molecule has 1 aromatic carbocycles. The molecule has 9 heteroatoms. The number of nitrogens with one attached hydrogen (secondary N) is 1. The molecule has 0 fully saturated rings. The number of H-pyrrole nitrogens is 1. The van der Waals surface area contributed by atoms with Crippen LogP contribution in [-0.2, 0) is 11.3 Å². The third kappa shape index (κ3) is 4.98. The van der Waals surface area contributed by atoms with Crippen LogP contribution in [0, 0.1) is 11.6 Å². The summed E-state index contributed by atoms with van der Waals surface area (Å²) in [7, 11) is 0. The van der Waals surface area contributed by atoms with E-state index in [0.29, 0.717) is 12.8 Å². The van der Waals surface area contributed by atoms with Crippen LogP contribution in [0.15, 0.2) is 33.9 Å². The Hall–Kier alpha value is -3.23. The van der Waals surface area contributed by atoms with Gasteiger partial charge in [0.15, 0.2) is 5.69 Å². The number of unbranched alkanes of at least 4 members (excludes halogenated alkanes) is 1. The Kier molecular flexibility index (Phi) is 7.46. The highest BCUT2D eigenvalue weighted by atomic mass is 19.1. The van der Waals surface area contributed by atoms with E-state index in [1.165, 1.54) is 10.6 Å². The first-order valence-corrected chi connectivity index (χ1v) is 9.37. The monoisotopic (exact) mass is 406 g/mol. The summed E-state index contributed by atoms with van der Waals surface area (Å²) >= 11 is 0. The number of nitrogen functional groups attached to an aromatic ring is 1. The highest BCUT2D eigenvalue weighted by Crippen LogP contribution is 2.19. The molecule has 0 aliphatic heterocycles. The van der Waals surface area contributed by atoms with Crippen LogP contribution in [0.5, 0.6) is 0 Å². The van der Waals surface area contributed by atoms with Crippen LogP contribution in [0.3, 0.4) is 0 Å². The minimum atomic E-state index is -0.817. The van der Waals surface area contributed by atoms with Crippen LogP contribution in [-0.4, -0.2) is 22.0 Å². The fourth-order valence-corrected chi connectivity index (χ4v) is 2.85. The fourth-order valence-electron chi connectivity index (χ4n) is 2.85. The Morgan fingerprint density at radius 3 is 2.45 bits per heavy atom. The zero-order chi connectivity index (χ0) is 21.6. The van der Waals surface area contributed by atoms with E-state index in [0.717, 1.165) is 35.6 Å². The van der Waals surface area contributed by atoms with Gasteiger partial charge in [0.25, 0.3) is 11.5 Å². The normalized spacial score (nSPS) is 11.2. The van der Waals surface area contributed by atoms with Crippen LogP contribution < -0.4 is 21.9 Å². The molecule has 29 heavy (non-hydrogen) atoms. The molecule has 0 unspecified atom stereocenters. The molecule has 156 valence electrons. The lowest BCUT2D eigenvalue weighted by atomic mass is 10.1. The van der Waals surface area contributed by atoms with E-state index >= 15 is 0 Å². The van der Waals surface area contributed by atoms with Gasteiger partial charge >= 0.3 is 5.69 Å². The number of benzene rings is 1. The molecule has 1 heterocycles. The number of hydrogen-bond donors (Lipinski definition) is 2. The van der Waals surface area contributed by atoms with Gasteiger partial charge in [0, 0.05) is 24.7 Å². The van der Waals surface area contributed by atoms with Gasteiger partial charge in [0.1, 0.15) is 17.5 Å². The number of carbonyl (C=O) groups excluding carboxylic acids is 1. The zero-order valence-corrected chi connectivity index (χ0v) is 16.4. The van der Waals surface area contributed by atoms with Gasteiger partial charge in [-0.25, -0.2) is 13.6 Å². The molecule has 3 N–H and O–H groups in total. The van der Waals surface area contributed by atoms with E-state index in [4.69, 9.17) is 5.73 Å². The van der Waals surface area contributed by atoms with Gasteiger partial charge in [0.2, 0.25) is 0 Å². The van der Waals surface area contributed by atoms with E-state index in [1.54, 1.807) is 0 Å². The predicted octanol–water partition coefficient (Wildman–Crippen LogP) is 2.65. The minimum absolute atomic E-state index is 0.129. The number of rotatable bonds is 8. The SMILES string of the molecule is CCCCN(C(=O)/C=C/c1c(F)cccc1F)c1c(N)n(CCC)c(=O)[nH]c1=O. The molecule has 1 aromatic heterocycles. The molecule has 0 saturated carbocycles. The maximum Gasteiger partial charge on any atom is 0.330 e. The Labute approximate surface area is 166 Å². The average Bonchev–Trinajstić information content (AvgIpc) is 2.67. The summed E-state index contributed by atoms with van der Waals surface area (Å²) in [6.07, 6.45) is 3.86. The van der Waals surface area contributed by atoms with Gasteiger partial charge in [-0.1, -0.05) is 26.3 Å². The Morgan fingerprint density at radius 2 is 1.86 bits per heavy atom. The third-order valence-electron chi connectivity index (χ3n) is 4.32. The topological polar surface area (TPSA) is 101 Å². The highest BCUT2D eigenvalue weighted by Gasteiger charge is 2.22. The summed E-state index contributed by atoms with van der Waals surface area (Å²) in [5, 5.41) is 0. The number of aromatic amines is 1. The van der Waals surface area contributed by atoms with Crippen molar-refractivity contribution in [3.63, 3.8) is 0 Å². The lowest BCUT2D eigenvalue weighted by Crippen LogP contribution is -2.41. The van der Waals surface area contributed by atoms with Crippen molar-refractivity contribution in [3.05, 3.63) is 62.3 Å². The van der Waals surface area contributed by atoms with Crippen molar-refractivity contribution in [1.29, 1.82) is 0 Å². The Bertz CT molecular complexity index is 1010. The van der Waals surface area contributed by atoms with Gasteiger partial charge in [-0.15, -0.1) is 0 Å². The number of hydrogen-bond acceptors (Lipinski definition) is 4. The summed E-state index contributed by atoms with van der Waals surface area (Å²) in [6.45, 7) is 4.15. The number of nitrogens with two attached hydrogens (primary N) is 1. The molecule has 0 bridgehead atoms. The largest absolute Gasteiger partial charge is 0.383 e. The highest BCUT2D eigenvalue weighted by molar-refractivity contribution is 6.05. The van der Waals surface area contributed by atoms with Crippen LogP contribution in [0.1, 0.15) is 38.7 Å². The number of halogens is 2. The molecule has 0 radical (unpaired) electrons. The summed E-state index contributed by atoms with van der Waals surface area (Å²) in [4.78, 5) is 40.5. The fraction of sp³-hybridized carbons (Fsp3) is 0.350. The molecule has 0 aliphatic carbocycles. The minimum Gasteiger partial charge on any atom is -0.383 e. The molecule has 2 rings (SSSR count). The van der Waals surface area contributed by atoms with Crippen molar-refractivity contribution < 1.29 is 13.6 Å². The van der Waals surface area contributed by atoms with E-state index in [2.05, 4.69) is 4.98 Å². The number of anilines is 2. The van der Waals surface area contributed by atoms with E-state index < -0.39 is 28.8 Å². The number of carbonyl (C=O) groups is 1. The smallest absolute Gasteiger partial charge is 0.330 e. The van der Waals surface area contributed by atoms with Gasteiger partial charge in [0.05, 0.1) is 0 Å². The quantitative estimate of drug-likeness (QED) is 0.658. The molecule has 1 amide bonds. The lowest BCUT2D eigenvalue weighted by Gasteiger charge is -2.23. The maximum absolute atomic E-state index is 13.8. The number of nitrogens with zero attached hydrogens (tertiary/aromatic N) is 2. The van der Waals surface area contributed by atoms with Crippen molar-refractivity contribution in [2.24, 2.45) is 0 Å². The molecule has 0 atom stereocenters. The van der Waals surface area contributed by atoms with Crippen molar-refractivity contribution >= 4 is 23.5 Å². The first-order valence-electron chi connectivity index (χ1n) is 9.37. The summed E-state index contributed by atoms with van der Waals surface area (Å²) in [5.41, 5.74) is 4.06. The molecule has 2 aromatic rings. The Balaban J connectivity index is 2.51. The van der Waals surface area contributed by atoms with Crippen molar-refractivity contribution in [3.8, 4) is 0 Å². The predicted molar refractivity (Wildman–Crippen MR) is 109 cm³/mol. The average molecular weight is 406 g/mol. The van der Waals surface area contributed by atoms with E-state index in [1.807, 2.05) is 13.8 Å². The molecule has 0 spiro atoms. The molecule has 7 nitrogen and oxygen atoms in total. The van der Waals surface area contributed by atoms with Crippen molar-refractivity contribution in [2.75, 3.05) is 17.2 Å². The van der Waals surface area contributed by atoms with Crippen molar-refractivity contribution in [2.45, 2.75) is 39.7 Å². The lowest BCUT2D eigenvalue weighted by molar-refractivity contribution is -0.114. The van der Waals surface area contributed by atoms with Crippen LogP contribution in [0.2, 0.25) is 0 Å². The van der Waals surface area contributed by atoms with Crippen LogP contribution in [0.4, 0.5) is 20.3 Å². The molecule has 0 saturated heterocycles. The summed E-state index contributed by atoms with van der Waals surface area (Å²) in [6, 6.07) is 3.37. The number of amides is 1. The van der Waals surface area contributed by atoms with Crippen LogP contribution >= 0.6 is 0 Å². The van der Waals surface area contributed by atoms with Gasteiger partial charge in [-0.3, -0.25) is 19.1 Å². The maximum atomic E-state index is 13.8. The Morgan fingerprint density at radius 1 is 1.21 bits per heavy atom. The molecule has 0 aliphatic rings. The van der Waals surface area contributed by atoms with Gasteiger partial charge in [-0.2, -0.15) is 0 Å². The second kappa shape index (κ2) is 9.81. The zero-order valence-electron chi connectivity index (χ0n) is 16.4. The van der Waals surface area contributed by atoms with Crippen LogP contribution in [0.25, 0.3) is 6.08 Å². The van der Waals surface area contributed by atoms with E-state index in [9.17, 15) is 23.2 Å². The van der Waals surface area contributed by atoms with Gasteiger partial charge < -0.3 is 10.6 Å². The summed E-state index contributed by atoms with van der Waals surface area (Å²) in [5.74, 6) is -2.44. The summed E-state index contributed by atoms with van der Waals surface area (Å²) < 4.78 is 28.8. The van der Waals surface area contributed by atoms with Crippen molar-refractivity contribution in [1.82, 2.24) is 9.55 Å². The first-order chi connectivity index (χ1) is 13.8.